The first-order valence-corrected chi connectivity index (χ1v) is 22.0. The van der Waals surface area contributed by atoms with Crippen LogP contribution in [0.25, 0.3) is 83.6 Å². The molecule has 0 saturated carbocycles. The predicted molar refractivity (Wildman–Crippen MR) is 275 cm³/mol. The van der Waals surface area contributed by atoms with Crippen molar-refractivity contribution in [3.8, 4) is 66.8 Å². The van der Waals surface area contributed by atoms with Crippen molar-refractivity contribution >= 4 is 33.9 Å². The Morgan fingerprint density at radius 3 is 1.19 bits per heavy atom. The van der Waals surface area contributed by atoms with Gasteiger partial charge in [0, 0.05) is 17.1 Å². The molecule has 1 heteroatoms. The van der Waals surface area contributed by atoms with Crippen molar-refractivity contribution in [1.82, 2.24) is 0 Å². The lowest BCUT2D eigenvalue weighted by molar-refractivity contribution is 1.28. The third kappa shape index (κ3) is 8.48. The van der Waals surface area contributed by atoms with Crippen molar-refractivity contribution in [2.45, 2.75) is 6.92 Å². The van der Waals surface area contributed by atoms with Gasteiger partial charge in [-0.2, -0.15) is 0 Å². The second kappa shape index (κ2) is 18.4. The fraction of sp³-hybridized carbons (Fsp3) is 0.0159. The van der Waals surface area contributed by atoms with Gasteiger partial charge in [0.25, 0.3) is 0 Å². The van der Waals surface area contributed by atoms with Crippen molar-refractivity contribution in [1.29, 1.82) is 0 Å². The van der Waals surface area contributed by atoms with Gasteiger partial charge in [0.1, 0.15) is 0 Å². The van der Waals surface area contributed by atoms with E-state index in [4.69, 9.17) is 0 Å². The molecule has 64 heavy (non-hydrogen) atoms. The summed E-state index contributed by atoms with van der Waals surface area (Å²) in [4.78, 5) is 2.38. The van der Waals surface area contributed by atoms with Crippen LogP contribution in [0.4, 0.5) is 17.1 Å². The van der Waals surface area contributed by atoms with E-state index in [-0.39, 0.29) is 0 Å². The van der Waals surface area contributed by atoms with E-state index >= 15 is 0 Å². The van der Waals surface area contributed by atoms with Crippen LogP contribution >= 0.6 is 0 Å². The van der Waals surface area contributed by atoms with E-state index in [1.807, 2.05) is 6.92 Å². The fourth-order valence-corrected chi connectivity index (χ4v) is 8.72. The molecule has 0 saturated heterocycles. The first-order chi connectivity index (χ1) is 31.7. The van der Waals surface area contributed by atoms with E-state index in [0.717, 1.165) is 17.1 Å². The van der Waals surface area contributed by atoms with Gasteiger partial charge in [-0.25, -0.2) is 0 Å². The van der Waals surface area contributed by atoms with Gasteiger partial charge in [0.2, 0.25) is 0 Å². The predicted octanol–water partition coefficient (Wildman–Crippen LogP) is 17.9. The summed E-state index contributed by atoms with van der Waals surface area (Å²) in [6.07, 6.45) is 8.44. The SMILES string of the molecule is C/C=C\C=C/c1cc(-c2ccc(N(c3ccc(-c4ccc(-c5ccccc5)cc4)cc3)c3ccc(-c4ccc(-c5ccccc5)cc4)cc3)cc2-c2ccccc2)c2ccccc2c1. The molecule has 10 rings (SSSR count). The third-order valence-electron chi connectivity index (χ3n) is 12.0. The summed E-state index contributed by atoms with van der Waals surface area (Å²) in [5.74, 6) is 0. The second-order valence-corrected chi connectivity index (χ2v) is 16.1. The van der Waals surface area contributed by atoms with Crippen LogP contribution in [-0.4, -0.2) is 0 Å². The van der Waals surface area contributed by atoms with Crippen molar-refractivity contribution in [3.05, 3.63) is 266 Å². The van der Waals surface area contributed by atoms with Crippen LogP contribution in [0.15, 0.2) is 261 Å². The minimum Gasteiger partial charge on any atom is -0.310 e. The van der Waals surface area contributed by atoms with Gasteiger partial charge >= 0.3 is 0 Å². The Morgan fingerprint density at radius 2 is 0.703 bits per heavy atom. The number of fused-ring (bicyclic) bond motifs is 1. The van der Waals surface area contributed by atoms with Gasteiger partial charge in [-0.1, -0.05) is 218 Å². The first kappa shape index (κ1) is 39.9. The molecule has 1 nitrogen and oxygen atoms in total. The summed E-state index contributed by atoms with van der Waals surface area (Å²) in [7, 11) is 0. The van der Waals surface area contributed by atoms with E-state index < -0.39 is 0 Å². The summed E-state index contributed by atoms with van der Waals surface area (Å²) >= 11 is 0. The molecule has 0 radical (unpaired) electrons. The Morgan fingerprint density at radius 1 is 0.297 bits per heavy atom. The molecule has 0 spiro atoms. The zero-order chi connectivity index (χ0) is 43.1. The van der Waals surface area contributed by atoms with Crippen LogP contribution in [0.3, 0.4) is 0 Å². The Balaban J connectivity index is 1.08. The summed E-state index contributed by atoms with van der Waals surface area (Å²) in [6.45, 7) is 2.05. The molecule has 0 fully saturated rings. The number of benzene rings is 10. The molecule has 304 valence electrons. The highest BCUT2D eigenvalue weighted by Gasteiger charge is 2.18. The van der Waals surface area contributed by atoms with Crippen LogP contribution in [0, 0.1) is 0 Å². The van der Waals surface area contributed by atoms with Gasteiger partial charge in [-0.05, 0) is 139 Å². The molecule has 0 amide bonds. The lowest BCUT2D eigenvalue weighted by Gasteiger charge is -2.27. The minimum atomic E-state index is 1.08. The van der Waals surface area contributed by atoms with Gasteiger partial charge < -0.3 is 4.90 Å². The molecule has 0 aliphatic heterocycles. The molecular weight excluding hydrogens is 771 g/mol. The van der Waals surface area contributed by atoms with Crippen molar-refractivity contribution in [2.75, 3.05) is 4.90 Å². The summed E-state index contributed by atoms with van der Waals surface area (Å²) in [6, 6.07) is 87.9. The monoisotopic (exact) mass is 817 g/mol. The van der Waals surface area contributed by atoms with Crippen LogP contribution < -0.4 is 4.90 Å². The highest BCUT2D eigenvalue weighted by atomic mass is 15.1. The summed E-state index contributed by atoms with van der Waals surface area (Å²) in [5.41, 5.74) is 18.7. The van der Waals surface area contributed by atoms with Crippen LogP contribution in [0.5, 0.6) is 0 Å². The number of nitrogens with zero attached hydrogens (tertiary/aromatic N) is 1. The third-order valence-corrected chi connectivity index (χ3v) is 12.0. The van der Waals surface area contributed by atoms with Gasteiger partial charge in [-0.3, -0.25) is 0 Å². The molecule has 0 N–H and O–H groups in total. The smallest absolute Gasteiger partial charge is 0.0468 e. The van der Waals surface area contributed by atoms with Gasteiger partial charge in [-0.15, -0.1) is 0 Å². The van der Waals surface area contributed by atoms with E-state index in [1.165, 1.54) is 83.1 Å². The van der Waals surface area contributed by atoms with Gasteiger partial charge in [0.15, 0.2) is 0 Å². The fourth-order valence-electron chi connectivity index (χ4n) is 8.72. The summed E-state index contributed by atoms with van der Waals surface area (Å²) in [5, 5.41) is 2.45. The molecule has 0 aliphatic carbocycles. The largest absolute Gasteiger partial charge is 0.310 e. The average Bonchev–Trinajstić information content (AvgIpc) is 3.37. The standard InChI is InChI=1S/C63H47N/c1-2-3-7-16-46-43-56-23-14-15-24-60(56)63(44-46)61-42-41-59(45-62(61)55-21-12-6-13-22-55)64(57-37-33-53(34-38-57)51-29-25-49(26-30-51)47-17-8-4-9-18-47)58-39-35-54(36-40-58)52-31-27-50(28-32-52)48-19-10-5-11-20-48/h2-45H,1H3/b3-2-,16-7-. The lowest BCUT2D eigenvalue weighted by Crippen LogP contribution is -2.10. The zero-order valence-electron chi connectivity index (χ0n) is 35.9. The Hall–Kier alpha value is -8.26. The van der Waals surface area contributed by atoms with Crippen LogP contribution in [-0.2, 0) is 0 Å². The van der Waals surface area contributed by atoms with Gasteiger partial charge in [0.05, 0.1) is 0 Å². The van der Waals surface area contributed by atoms with E-state index in [1.54, 1.807) is 0 Å². The molecule has 0 heterocycles. The maximum Gasteiger partial charge on any atom is 0.0468 e. The Bertz CT molecular complexity index is 3070. The van der Waals surface area contributed by atoms with Crippen molar-refractivity contribution in [3.63, 3.8) is 0 Å². The van der Waals surface area contributed by atoms with Crippen molar-refractivity contribution in [2.24, 2.45) is 0 Å². The van der Waals surface area contributed by atoms with E-state index in [9.17, 15) is 0 Å². The Kier molecular flexibility index (Phi) is 11.4. The summed E-state index contributed by atoms with van der Waals surface area (Å²) < 4.78 is 0. The van der Waals surface area contributed by atoms with Crippen LogP contribution in [0.2, 0.25) is 0 Å². The highest BCUT2D eigenvalue weighted by molar-refractivity contribution is 6.03. The molecule has 0 aromatic heterocycles. The molecular formula is C63H47N. The molecule has 10 aromatic carbocycles. The molecule has 0 bridgehead atoms. The minimum absolute atomic E-state index is 1.08. The number of allylic oxidation sites excluding steroid dienone is 3. The quantitative estimate of drug-likeness (QED) is 0.118. The normalized spacial score (nSPS) is 11.4. The van der Waals surface area contributed by atoms with E-state index in [2.05, 4.69) is 272 Å². The molecule has 10 aromatic rings. The first-order valence-electron chi connectivity index (χ1n) is 22.0. The van der Waals surface area contributed by atoms with Crippen LogP contribution in [0.1, 0.15) is 12.5 Å². The topological polar surface area (TPSA) is 3.24 Å². The number of rotatable bonds is 11. The number of hydrogen-bond acceptors (Lipinski definition) is 1. The molecule has 0 aliphatic rings. The molecule has 0 unspecified atom stereocenters. The lowest BCUT2D eigenvalue weighted by atomic mass is 9.89. The zero-order valence-corrected chi connectivity index (χ0v) is 35.9. The Labute approximate surface area is 377 Å². The maximum atomic E-state index is 2.38. The molecule has 0 atom stereocenters. The van der Waals surface area contributed by atoms with Crippen molar-refractivity contribution < 1.29 is 0 Å². The highest BCUT2D eigenvalue weighted by Crippen LogP contribution is 2.43. The number of hydrogen-bond donors (Lipinski definition) is 0. The average molecular weight is 818 g/mol. The second-order valence-electron chi connectivity index (χ2n) is 16.1. The van der Waals surface area contributed by atoms with E-state index in [0.29, 0.717) is 0 Å². The maximum absolute atomic E-state index is 2.38. The number of anilines is 3.